The van der Waals surface area contributed by atoms with Crippen LogP contribution in [-0.2, 0) is 0 Å². The highest BCUT2D eigenvalue weighted by Gasteiger charge is 2.13. The number of hydrogen-bond acceptors (Lipinski definition) is 1. The quantitative estimate of drug-likeness (QED) is 0.226. The Bertz CT molecular complexity index is 1210. The van der Waals surface area contributed by atoms with E-state index >= 15 is 0 Å². The molecule has 0 amide bonds. The van der Waals surface area contributed by atoms with E-state index in [0.29, 0.717) is 0 Å². The second kappa shape index (κ2) is 4.43. The average Bonchev–Trinajstić information content (AvgIpc) is 2.61. The summed E-state index contributed by atoms with van der Waals surface area (Å²) in [6.45, 7) is 0. The van der Waals surface area contributed by atoms with E-state index in [-0.39, 0.29) is 0 Å². The molecule has 5 aromatic rings. The lowest BCUT2D eigenvalue weighted by Gasteiger charge is -2.10. The molecule has 0 aliphatic carbocycles. The maximum Gasteiger partial charge on any atom is 0.232 e. The first-order chi connectivity index (χ1) is 11.3. The molecule has 0 saturated heterocycles. The van der Waals surface area contributed by atoms with Crippen LogP contribution in [0, 0.1) is 5.21 Å². The Balaban J connectivity index is 2.21. The second-order valence-electron chi connectivity index (χ2n) is 5.89. The van der Waals surface area contributed by atoms with Crippen molar-refractivity contribution in [2.45, 2.75) is 0 Å². The summed E-state index contributed by atoms with van der Waals surface area (Å²) in [6.07, 6.45) is 1.58. The smallest absolute Gasteiger partial charge is 0.232 e. The van der Waals surface area contributed by atoms with Crippen molar-refractivity contribution in [1.29, 1.82) is 0 Å². The molecule has 2 heteroatoms. The van der Waals surface area contributed by atoms with Gasteiger partial charge in [0.25, 0.3) is 0 Å². The molecule has 2 nitrogen and oxygen atoms in total. The third-order valence-electron chi connectivity index (χ3n) is 4.61. The van der Waals surface area contributed by atoms with Gasteiger partial charge in [-0.3, -0.25) is 0 Å². The molecular formula is C21H13NO. The summed E-state index contributed by atoms with van der Waals surface area (Å²) in [5.74, 6) is 0. The Hall–Kier alpha value is -3.13. The zero-order valence-corrected chi connectivity index (χ0v) is 12.4. The SMILES string of the molecule is [O-][n+]1cccc2ccc3ccc4ccc5ccccc5c4c3c21. The topological polar surface area (TPSA) is 26.9 Å². The Morgan fingerprint density at radius 2 is 1.17 bits per heavy atom. The molecule has 0 aliphatic heterocycles. The van der Waals surface area contributed by atoms with Crippen molar-refractivity contribution in [2.75, 3.05) is 0 Å². The molecule has 0 spiro atoms. The fourth-order valence-corrected chi connectivity index (χ4v) is 3.58. The van der Waals surface area contributed by atoms with Gasteiger partial charge in [0, 0.05) is 16.8 Å². The third kappa shape index (κ3) is 1.66. The van der Waals surface area contributed by atoms with Gasteiger partial charge < -0.3 is 5.21 Å². The number of aromatic nitrogens is 1. The zero-order chi connectivity index (χ0) is 15.4. The lowest BCUT2D eigenvalue weighted by Crippen LogP contribution is -2.26. The molecule has 0 bridgehead atoms. The van der Waals surface area contributed by atoms with E-state index in [9.17, 15) is 5.21 Å². The minimum atomic E-state index is 0.743. The number of benzene rings is 4. The molecule has 1 aromatic heterocycles. The van der Waals surface area contributed by atoms with Crippen molar-refractivity contribution in [3.63, 3.8) is 0 Å². The molecule has 4 aromatic carbocycles. The van der Waals surface area contributed by atoms with Crippen LogP contribution in [0.3, 0.4) is 0 Å². The molecule has 23 heavy (non-hydrogen) atoms. The van der Waals surface area contributed by atoms with Gasteiger partial charge in [0.05, 0.1) is 5.39 Å². The van der Waals surface area contributed by atoms with Crippen LogP contribution in [0.5, 0.6) is 0 Å². The van der Waals surface area contributed by atoms with Crippen LogP contribution in [0.4, 0.5) is 0 Å². The summed E-state index contributed by atoms with van der Waals surface area (Å²) < 4.78 is 0.985. The van der Waals surface area contributed by atoms with E-state index in [1.54, 1.807) is 12.3 Å². The van der Waals surface area contributed by atoms with Gasteiger partial charge in [-0.1, -0.05) is 54.6 Å². The minimum absolute atomic E-state index is 0.743. The molecule has 0 fully saturated rings. The van der Waals surface area contributed by atoms with E-state index < -0.39 is 0 Å². The zero-order valence-electron chi connectivity index (χ0n) is 12.4. The minimum Gasteiger partial charge on any atom is -0.618 e. The monoisotopic (exact) mass is 295 g/mol. The van der Waals surface area contributed by atoms with Crippen LogP contribution in [0.25, 0.3) is 43.2 Å². The van der Waals surface area contributed by atoms with Crippen molar-refractivity contribution in [3.05, 3.63) is 84.2 Å². The lowest BCUT2D eigenvalue weighted by atomic mass is 9.95. The molecule has 5 rings (SSSR count). The van der Waals surface area contributed by atoms with Crippen molar-refractivity contribution in [2.24, 2.45) is 0 Å². The van der Waals surface area contributed by atoms with Gasteiger partial charge in [0.1, 0.15) is 0 Å². The van der Waals surface area contributed by atoms with Gasteiger partial charge in [0.2, 0.25) is 5.52 Å². The van der Waals surface area contributed by atoms with Crippen LogP contribution < -0.4 is 4.73 Å². The van der Waals surface area contributed by atoms with Crippen molar-refractivity contribution < 1.29 is 4.73 Å². The molecule has 0 N–H and O–H groups in total. The summed E-state index contributed by atoms with van der Waals surface area (Å²) in [4.78, 5) is 0. The maximum absolute atomic E-state index is 12.5. The standard InChI is InChI=1S/C21H13NO/c23-22-13-3-5-17-12-11-16-10-9-15-8-7-14-4-1-2-6-18(14)19(15)20(16)21(17)22/h1-13H. The van der Waals surface area contributed by atoms with Crippen LogP contribution >= 0.6 is 0 Å². The fraction of sp³-hybridized carbons (Fsp3) is 0. The van der Waals surface area contributed by atoms with Crippen molar-refractivity contribution >= 4 is 43.2 Å². The second-order valence-corrected chi connectivity index (χ2v) is 5.89. The predicted molar refractivity (Wildman–Crippen MR) is 95.4 cm³/mol. The lowest BCUT2D eigenvalue weighted by molar-refractivity contribution is -0.576. The van der Waals surface area contributed by atoms with Gasteiger partial charge in [0.15, 0.2) is 6.20 Å². The third-order valence-corrected chi connectivity index (χ3v) is 4.61. The number of pyridine rings is 1. The van der Waals surface area contributed by atoms with Gasteiger partial charge in [-0.2, -0.15) is 4.73 Å². The highest BCUT2D eigenvalue weighted by molar-refractivity contribution is 6.25. The van der Waals surface area contributed by atoms with E-state index in [0.717, 1.165) is 37.2 Å². The number of rotatable bonds is 0. The summed E-state index contributed by atoms with van der Waals surface area (Å²) in [7, 11) is 0. The Kier molecular flexibility index (Phi) is 2.39. The number of hydrogen-bond donors (Lipinski definition) is 0. The van der Waals surface area contributed by atoms with E-state index in [4.69, 9.17) is 0 Å². The van der Waals surface area contributed by atoms with Gasteiger partial charge >= 0.3 is 0 Å². The van der Waals surface area contributed by atoms with Gasteiger partial charge in [-0.25, -0.2) is 0 Å². The summed E-state index contributed by atoms with van der Waals surface area (Å²) in [6, 6.07) is 24.8. The van der Waals surface area contributed by atoms with E-state index in [1.807, 2.05) is 18.2 Å². The normalized spacial score (nSPS) is 11.7. The highest BCUT2D eigenvalue weighted by atomic mass is 16.5. The summed E-state index contributed by atoms with van der Waals surface area (Å²) in [5.41, 5.74) is 0.743. The van der Waals surface area contributed by atoms with Crippen LogP contribution in [-0.4, -0.2) is 0 Å². The van der Waals surface area contributed by atoms with Crippen molar-refractivity contribution in [3.8, 4) is 0 Å². The van der Waals surface area contributed by atoms with E-state index in [1.165, 1.54) is 10.8 Å². The molecule has 0 aliphatic rings. The maximum atomic E-state index is 12.5. The summed E-state index contributed by atoms with van der Waals surface area (Å²) >= 11 is 0. The first-order valence-corrected chi connectivity index (χ1v) is 7.68. The summed E-state index contributed by atoms with van der Waals surface area (Å²) in [5, 5.41) is 20.3. The molecule has 0 saturated carbocycles. The number of fused-ring (bicyclic) bond motifs is 7. The molecule has 0 radical (unpaired) electrons. The largest absolute Gasteiger partial charge is 0.618 e. The van der Waals surface area contributed by atoms with E-state index in [2.05, 4.69) is 48.5 Å². The Morgan fingerprint density at radius 3 is 2.00 bits per heavy atom. The Morgan fingerprint density at radius 1 is 0.565 bits per heavy atom. The first kappa shape index (κ1) is 12.4. The van der Waals surface area contributed by atoms with Crippen molar-refractivity contribution in [1.82, 2.24) is 0 Å². The fourth-order valence-electron chi connectivity index (χ4n) is 3.58. The van der Waals surface area contributed by atoms with Crippen LogP contribution in [0.1, 0.15) is 0 Å². The first-order valence-electron chi connectivity index (χ1n) is 7.68. The molecule has 0 atom stereocenters. The molecule has 0 unspecified atom stereocenters. The number of nitrogens with zero attached hydrogens (tertiary/aromatic N) is 1. The molecule has 1 heterocycles. The molecular weight excluding hydrogens is 282 g/mol. The molecule has 108 valence electrons. The average molecular weight is 295 g/mol. The Labute approximate surface area is 132 Å². The van der Waals surface area contributed by atoms with Gasteiger partial charge in [-0.05, 0) is 33.7 Å². The van der Waals surface area contributed by atoms with Gasteiger partial charge in [-0.15, -0.1) is 0 Å². The van der Waals surface area contributed by atoms with Crippen LogP contribution in [0.2, 0.25) is 0 Å². The highest BCUT2D eigenvalue weighted by Crippen LogP contribution is 2.35. The van der Waals surface area contributed by atoms with Crippen LogP contribution in [0.15, 0.2) is 79.0 Å². The predicted octanol–water partition coefficient (Wildman–Crippen LogP) is 4.93.